The Labute approximate surface area is 181 Å². The highest BCUT2D eigenvalue weighted by Crippen LogP contribution is 2.29. The molecule has 2 aromatic carbocycles. The fourth-order valence-corrected chi connectivity index (χ4v) is 3.87. The smallest absolute Gasteiger partial charge is 0.261 e. The monoisotopic (exact) mass is 416 g/mol. The predicted molar refractivity (Wildman–Crippen MR) is 117 cm³/mol. The van der Waals surface area contributed by atoms with Gasteiger partial charge in [0.1, 0.15) is 5.76 Å². The minimum atomic E-state index is -0.422. The topological polar surface area (TPSA) is 70.8 Å². The molecule has 1 aliphatic heterocycles. The Bertz CT molecular complexity index is 1180. The van der Waals surface area contributed by atoms with Gasteiger partial charge in [0.15, 0.2) is 0 Å². The summed E-state index contributed by atoms with van der Waals surface area (Å²) >= 11 is 0. The summed E-state index contributed by atoms with van der Waals surface area (Å²) < 4.78 is 5.27. The lowest BCUT2D eigenvalue weighted by Gasteiger charge is -2.29. The van der Waals surface area contributed by atoms with E-state index < -0.39 is 5.91 Å². The van der Waals surface area contributed by atoms with Crippen molar-refractivity contribution in [3.05, 3.63) is 88.4 Å². The first-order chi connectivity index (χ1) is 14.8. The molecule has 2 heterocycles. The highest BCUT2D eigenvalue weighted by atomic mass is 16.3. The van der Waals surface area contributed by atoms with Gasteiger partial charge < -0.3 is 9.32 Å². The van der Waals surface area contributed by atoms with E-state index >= 15 is 0 Å². The first kappa shape index (κ1) is 20.6. The first-order valence-electron chi connectivity index (χ1n) is 10.2. The van der Waals surface area contributed by atoms with Gasteiger partial charge in [-0.15, -0.1) is 0 Å². The van der Waals surface area contributed by atoms with Gasteiger partial charge >= 0.3 is 0 Å². The lowest BCUT2D eigenvalue weighted by molar-refractivity contribution is 0.0631. The zero-order chi connectivity index (χ0) is 22.3. The van der Waals surface area contributed by atoms with Gasteiger partial charge in [0.2, 0.25) is 0 Å². The number of benzene rings is 2. The van der Waals surface area contributed by atoms with E-state index in [1.165, 1.54) is 12.3 Å². The Kier molecular flexibility index (Phi) is 5.23. The second-order valence-electron chi connectivity index (χ2n) is 8.10. The quantitative estimate of drug-likeness (QED) is 0.563. The highest BCUT2D eigenvalue weighted by Gasteiger charge is 2.37. The van der Waals surface area contributed by atoms with Crippen LogP contribution in [0.4, 0.5) is 5.69 Å². The molecule has 1 aliphatic rings. The van der Waals surface area contributed by atoms with Crippen molar-refractivity contribution in [1.82, 2.24) is 4.90 Å². The fraction of sp³-hybridized carbons (Fsp3) is 0.240. The molecule has 0 bridgehead atoms. The molecule has 31 heavy (non-hydrogen) atoms. The number of hydrogen-bond acceptors (Lipinski definition) is 4. The molecule has 0 N–H and O–H groups in total. The van der Waals surface area contributed by atoms with Crippen LogP contribution in [0.3, 0.4) is 0 Å². The van der Waals surface area contributed by atoms with Crippen LogP contribution in [-0.4, -0.2) is 28.7 Å². The maximum Gasteiger partial charge on any atom is 0.261 e. The van der Waals surface area contributed by atoms with E-state index in [4.69, 9.17) is 4.42 Å². The van der Waals surface area contributed by atoms with Crippen molar-refractivity contribution in [1.29, 1.82) is 0 Å². The number of hydrogen-bond donors (Lipinski definition) is 0. The van der Waals surface area contributed by atoms with E-state index in [1.54, 1.807) is 29.2 Å². The number of imide groups is 1. The molecular weight excluding hydrogens is 392 g/mol. The van der Waals surface area contributed by atoms with Gasteiger partial charge in [-0.05, 0) is 75.2 Å². The second-order valence-corrected chi connectivity index (χ2v) is 8.10. The average molecular weight is 416 g/mol. The summed E-state index contributed by atoms with van der Waals surface area (Å²) in [7, 11) is 0. The zero-order valence-corrected chi connectivity index (χ0v) is 18.0. The first-order valence-corrected chi connectivity index (χ1v) is 10.2. The Balaban J connectivity index is 1.68. The van der Waals surface area contributed by atoms with E-state index in [0.29, 0.717) is 16.9 Å². The third-order valence-corrected chi connectivity index (χ3v) is 5.47. The van der Waals surface area contributed by atoms with Crippen LogP contribution in [0.1, 0.15) is 61.8 Å². The summed E-state index contributed by atoms with van der Waals surface area (Å²) in [5.74, 6) is -0.498. The normalized spacial score (nSPS) is 13.1. The van der Waals surface area contributed by atoms with E-state index in [2.05, 4.69) is 0 Å². The van der Waals surface area contributed by atoms with Crippen molar-refractivity contribution in [2.45, 2.75) is 40.3 Å². The Morgan fingerprint density at radius 3 is 2.42 bits per heavy atom. The third kappa shape index (κ3) is 3.65. The lowest BCUT2D eigenvalue weighted by atomic mass is 10.0. The number of anilines is 1. The second kappa shape index (κ2) is 7.87. The van der Waals surface area contributed by atoms with Crippen LogP contribution in [0, 0.1) is 13.8 Å². The number of carbonyl (C=O) groups excluding carboxylic acids is 3. The maximum absolute atomic E-state index is 13.5. The van der Waals surface area contributed by atoms with E-state index in [-0.39, 0.29) is 30.0 Å². The van der Waals surface area contributed by atoms with Crippen molar-refractivity contribution in [2.24, 2.45) is 0 Å². The summed E-state index contributed by atoms with van der Waals surface area (Å²) in [5.41, 5.74) is 3.80. The molecule has 6 nitrogen and oxygen atoms in total. The molecule has 0 saturated heterocycles. The van der Waals surface area contributed by atoms with Crippen LogP contribution in [0.2, 0.25) is 0 Å². The van der Waals surface area contributed by atoms with Gasteiger partial charge in [0.25, 0.3) is 17.7 Å². The third-order valence-electron chi connectivity index (χ3n) is 5.47. The summed E-state index contributed by atoms with van der Waals surface area (Å²) in [6.45, 7) is 7.91. The van der Waals surface area contributed by atoms with Gasteiger partial charge in [0, 0.05) is 17.3 Å². The molecule has 3 amide bonds. The number of carbonyl (C=O) groups is 3. The Morgan fingerprint density at radius 2 is 1.74 bits per heavy atom. The molecule has 158 valence electrons. The van der Waals surface area contributed by atoms with E-state index in [1.807, 2.05) is 45.9 Å². The SMILES string of the molecule is Cc1ccc(C)c(N(C(=O)c2ccc3c(c2)C(=O)N(Cc2ccco2)C3=O)C(C)C)c1. The molecular formula is C25H24N2O4. The summed E-state index contributed by atoms with van der Waals surface area (Å²) in [6, 6.07) is 14.0. The number of aryl methyl sites for hydroxylation is 2. The van der Waals surface area contributed by atoms with Gasteiger partial charge in [-0.3, -0.25) is 19.3 Å². The van der Waals surface area contributed by atoms with Crippen LogP contribution in [0.5, 0.6) is 0 Å². The van der Waals surface area contributed by atoms with E-state index in [0.717, 1.165) is 21.7 Å². The van der Waals surface area contributed by atoms with Gasteiger partial charge in [-0.2, -0.15) is 0 Å². The Hall–Kier alpha value is -3.67. The van der Waals surface area contributed by atoms with Crippen molar-refractivity contribution in [3.8, 4) is 0 Å². The van der Waals surface area contributed by atoms with Crippen LogP contribution in [-0.2, 0) is 6.54 Å². The molecule has 0 fully saturated rings. The molecule has 0 saturated carbocycles. The summed E-state index contributed by atoms with van der Waals surface area (Å²) in [5, 5.41) is 0. The highest BCUT2D eigenvalue weighted by molar-refractivity contribution is 6.22. The van der Waals surface area contributed by atoms with Crippen molar-refractivity contribution < 1.29 is 18.8 Å². The van der Waals surface area contributed by atoms with Crippen LogP contribution in [0.25, 0.3) is 0 Å². The molecule has 3 aromatic rings. The molecule has 0 atom stereocenters. The van der Waals surface area contributed by atoms with Gasteiger partial charge in [-0.25, -0.2) is 0 Å². The molecule has 0 unspecified atom stereocenters. The van der Waals surface area contributed by atoms with Gasteiger partial charge in [0.05, 0.1) is 23.9 Å². The standard InChI is InChI=1S/C25H24N2O4/c1-15(2)27(22-12-16(3)7-8-17(22)4)23(28)18-9-10-20-21(13-18)25(30)26(24(20)29)14-19-6-5-11-31-19/h5-13,15H,14H2,1-4H3. The zero-order valence-electron chi connectivity index (χ0n) is 18.0. The van der Waals surface area contributed by atoms with Crippen LogP contribution < -0.4 is 4.90 Å². The number of amides is 3. The molecule has 0 aliphatic carbocycles. The minimum absolute atomic E-state index is 0.0588. The summed E-state index contributed by atoms with van der Waals surface area (Å²) in [4.78, 5) is 42.0. The minimum Gasteiger partial charge on any atom is -0.467 e. The lowest BCUT2D eigenvalue weighted by Crippen LogP contribution is -2.37. The van der Waals surface area contributed by atoms with Crippen molar-refractivity contribution in [2.75, 3.05) is 4.90 Å². The maximum atomic E-state index is 13.5. The predicted octanol–water partition coefficient (Wildman–Crippen LogP) is 4.75. The van der Waals surface area contributed by atoms with Gasteiger partial charge in [-0.1, -0.05) is 12.1 Å². The van der Waals surface area contributed by atoms with Crippen molar-refractivity contribution in [3.63, 3.8) is 0 Å². The number of nitrogens with zero attached hydrogens (tertiary/aromatic N) is 2. The molecule has 6 heteroatoms. The molecule has 4 rings (SSSR count). The molecule has 1 aromatic heterocycles. The van der Waals surface area contributed by atoms with E-state index in [9.17, 15) is 14.4 Å². The molecule has 0 radical (unpaired) electrons. The summed E-state index contributed by atoms with van der Waals surface area (Å²) in [6.07, 6.45) is 1.50. The van der Waals surface area contributed by atoms with Crippen LogP contribution in [0.15, 0.2) is 59.2 Å². The number of rotatable bonds is 5. The Morgan fingerprint density at radius 1 is 1.00 bits per heavy atom. The average Bonchev–Trinajstić information content (AvgIpc) is 3.33. The van der Waals surface area contributed by atoms with Crippen molar-refractivity contribution >= 4 is 23.4 Å². The largest absolute Gasteiger partial charge is 0.467 e. The number of furan rings is 1. The number of fused-ring (bicyclic) bond motifs is 1. The fourth-order valence-electron chi connectivity index (χ4n) is 3.87. The van der Waals surface area contributed by atoms with Crippen LogP contribution >= 0.6 is 0 Å². The molecule has 0 spiro atoms.